The molecule has 2 rings (SSSR count). The van der Waals surface area contributed by atoms with Crippen molar-refractivity contribution in [2.24, 2.45) is 0 Å². The number of anilines is 1. The Bertz CT molecular complexity index is 305. The minimum Gasteiger partial charge on any atom is -0.368 e. The molecule has 1 aromatic rings. The van der Waals surface area contributed by atoms with Crippen molar-refractivity contribution in [2.45, 2.75) is 45.1 Å². The van der Waals surface area contributed by atoms with Crippen molar-refractivity contribution in [2.75, 3.05) is 5.32 Å². The fraction of sp³-hybridized carbons (Fsp3) is 0.636. The molecule has 1 N–H and O–H groups in total. The Kier molecular flexibility index (Phi) is 2.66. The average molecular weight is 191 g/mol. The molecule has 1 fully saturated rings. The maximum Gasteiger partial charge on any atom is 0.129 e. The minimum atomic E-state index is 0.430. The van der Waals surface area contributed by atoms with Crippen LogP contribution in [0.25, 0.3) is 0 Å². The molecule has 1 aliphatic rings. The van der Waals surface area contributed by atoms with Crippen molar-refractivity contribution in [1.82, 2.24) is 9.97 Å². The quantitative estimate of drug-likeness (QED) is 0.798. The van der Waals surface area contributed by atoms with E-state index in [4.69, 9.17) is 0 Å². The number of hydrogen-bond acceptors (Lipinski definition) is 3. The molecule has 1 heterocycles. The molecule has 0 atom stereocenters. The molecule has 0 radical (unpaired) electrons. The maximum absolute atomic E-state index is 4.32. The van der Waals surface area contributed by atoms with Gasteiger partial charge in [-0.25, -0.2) is 9.97 Å². The summed E-state index contributed by atoms with van der Waals surface area (Å²) in [4.78, 5) is 8.52. The average Bonchev–Trinajstić information content (AvgIpc) is 1.99. The monoisotopic (exact) mass is 191 g/mol. The Morgan fingerprint density at radius 2 is 2.14 bits per heavy atom. The third-order valence-electron chi connectivity index (χ3n) is 2.65. The third-order valence-corrected chi connectivity index (χ3v) is 2.65. The minimum absolute atomic E-state index is 0.430. The van der Waals surface area contributed by atoms with Gasteiger partial charge in [-0.15, -0.1) is 0 Å². The first-order valence-corrected chi connectivity index (χ1v) is 5.34. The third kappa shape index (κ3) is 2.03. The molecule has 0 aliphatic heterocycles. The van der Waals surface area contributed by atoms with Gasteiger partial charge < -0.3 is 5.32 Å². The van der Waals surface area contributed by atoms with Gasteiger partial charge in [0.1, 0.15) is 12.1 Å². The molecule has 0 aromatic carbocycles. The van der Waals surface area contributed by atoms with Crippen molar-refractivity contribution in [3.63, 3.8) is 0 Å². The molecule has 1 saturated carbocycles. The summed E-state index contributed by atoms with van der Waals surface area (Å²) in [5.41, 5.74) is 1.20. The first-order valence-electron chi connectivity index (χ1n) is 5.34. The second-order valence-corrected chi connectivity index (χ2v) is 4.25. The Morgan fingerprint density at radius 1 is 1.36 bits per heavy atom. The van der Waals surface area contributed by atoms with E-state index in [0.717, 1.165) is 5.82 Å². The van der Waals surface area contributed by atoms with Crippen molar-refractivity contribution in [3.05, 3.63) is 18.1 Å². The van der Waals surface area contributed by atoms with E-state index in [-0.39, 0.29) is 0 Å². The molecule has 0 unspecified atom stereocenters. The van der Waals surface area contributed by atoms with Crippen molar-refractivity contribution in [1.29, 1.82) is 0 Å². The molecule has 0 bridgehead atoms. The number of nitrogens with one attached hydrogen (secondary N) is 1. The molecule has 3 nitrogen and oxygen atoms in total. The van der Waals surface area contributed by atoms with Gasteiger partial charge in [-0.2, -0.15) is 0 Å². The highest BCUT2D eigenvalue weighted by Gasteiger charge is 2.20. The topological polar surface area (TPSA) is 37.8 Å². The van der Waals surface area contributed by atoms with Gasteiger partial charge in [-0.3, -0.25) is 0 Å². The SMILES string of the molecule is CC(C)Nc1cc(C2CCC2)ncn1. The van der Waals surface area contributed by atoms with E-state index in [1.54, 1.807) is 6.33 Å². The van der Waals surface area contributed by atoms with Gasteiger partial charge in [0.2, 0.25) is 0 Å². The lowest BCUT2D eigenvalue weighted by molar-refractivity contribution is 0.410. The summed E-state index contributed by atoms with van der Waals surface area (Å²) >= 11 is 0. The van der Waals surface area contributed by atoms with E-state index in [1.165, 1.54) is 25.0 Å². The van der Waals surface area contributed by atoms with Crippen LogP contribution in [0, 0.1) is 0 Å². The zero-order valence-electron chi connectivity index (χ0n) is 8.83. The number of rotatable bonds is 3. The Morgan fingerprint density at radius 3 is 2.71 bits per heavy atom. The van der Waals surface area contributed by atoms with Crippen LogP contribution in [0.5, 0.6) is 0 Å². The van der Waals surface area contributed by atoms with E-state index in [2.05, 4.69) is 35.2 Å². The fourth-order valence-electron chi connectivity index (χ4n) is 1.67. The zero-order valence-corrected chi connectivity index (χ0v) is 8.83. The second-order valence-electron chi connectivity index (χ2n) is 4.25. The van der Waals surface area contributed by atoms with Crippen LogP contribution in [-0.4, -0.2) is 16.0 Å². The summed E-state index contributed by atoms with van der Waals surface area (Å²) in [6.45, 7) is 4.23. The van der Waals surface area contributed by atoms with Crippen molar-refractivity contribution < 1.29 is 0 Å². The Balaban J connectivity index is 2.09. The summed E-state index contributed by atoms with van der Waals surface area (Å²) in [5, 5.41) is 3.30. The zero-order chi connectivity index (χ0) is 9.97. The second kappa shape index (κ2) is 3.95. The van der Waals surface area contributed by atoms with Crippen LogP contribution < -0.4 is 5.32 Å². The highest BCUT2D eigenvalue weighted by atomic mass is 15.0. The lowest BCUT2D eigenvalue weighted by Gasteiger charge is -2.24. The van der Waals surface area contributed by atoms with Gasteiger partial charge in [-0.1, -0.05) is 6.42 Å². The molecule has 76 valence electrons. The normalized spacial score (nSPS) is 16.8. The number of aromatic nitrogens is 2. The van der Waals surface area contributed by atoms with Crippen molar-refractivity contribution >= 4 is 5.82 Å². The van der Waals surface area contributed by atoms with Gasteiger partial charge in [-0.05, 0) is 26.7 Å². The van der Waals surface area contributed by atoms with Crippen LogP contribution in [0.3, 0.4) is 0 Å². The van der Waals surface area contributed by atoms with E-state index in [9.17, 15) is 0 Å². The highest BCUT2D eigenvalue weighted by molar-refractivity contribution is 5.36. The smallest absolute Gasteiger partial charge is 0.129 e. The molecule has 3 heteroatoms. The summed E-state index contributed by atoms with van der Waals surface area (Å²) in [7, 11) is 0. The molecule has 1 aliphatic carbocycles. The highest BCUT2D eigenvalue weighted by Crippen LogP contribution is 2.35. The Hall–Kier alpha value is -1.12. The molecular formula is C11H17N3. The first kappa shape index (κ1) is 9.44. The van der Waals surface area contributed by atoms with Gasteiger partial charge in [0.25, 0.3) is 0 Å². The van der Waals surface area contributed by atoms with Crippen LogP contribution in [0.2, 0.25) is 0 Å². The fourth-order valence-corrected chi connectivity index (χ4v) is 1.67. The molecule has 0 saturated heterocycles. The Labute approximate surface area is 85.0 Å². The molecule has 1 aromatic heterocycles. The standard InChI is InChI=1S/C11H17N3/c1-8(2)14-11-6-10(12-7-13-11)9-4-3-5-9/h6-9H,3-5H2,1-2H3,(H,12,13,14). The van der Waals surface area contributed by atoms with Gasteiger partial charge in [0, 0.05) is 23.7 Å². The maximum atomic E-state index is 4.32. The van der Waals surface area contributed by atoms with Crippen molar-refractivity contribution in [3.8, 4) is 0 Å². The predicted octanol–water partition coefficient (Wildman–Crippen LogP) is 2.56. The summed E-state index contributed by atoms with van der Waals surface area (Å²) in [6, 6.07) is 2.52. The summed E-state index contributed by atoms with van der Waals surface area (Å²) < 4.78 is 0. The number of nitrogens with zero attached hydrogens (tertiary/aromatic N) is 2. The van der Waals surface area contributed by atoms with E-state index < -0.39 is 0 Å². The summed E-state index contributed by atoms with van der Waals surface area (Å²) in [6.07, 6.45) is 5.59. The predicted molar refractivity (Wildman–Crippen MR) is 57.4 cm³/mol. The largest absolute Gasteiger partial charge is 0.368 e. The van der Waals surface area contributed by atoms with Gasteiger partial charge in [0.15, 0.2) is 0 Å². The van der Waals surface area contributed by atoms with E-state index >= 15 is 0 Å². The van der Waals surface area contributed by atoms with Gasteiger partial charge >= 0.3 is 0 Å². The van der Waals surface area contributed by atoms with Crippen LogP contribution in [0.1, 0.15) is 44.7 Å². The van der Waals surface area contributed by atoms with Crippen LogP contribution in [0.15, 0.2) is 12.4 Å². The van der Waals surface area contributed by atoms with Crippen LogP contribution in [0.4, 0.5) is 5.82 Å². The lowest BCUT2D eigenvalue weighted by Crippen LogP contribution is -2.14. The lowest BCUT2D eigenvalue weighted by atomic mass is 9.83. The van der Waals surface area contributed by atoms with E-state index in [0.29, 0.717) is 12.0 Å². The molecule has 0 spiro atoms. The molecule has 14 heavy (non-hydrogen) atoms. The van der Waals surface area contributed by atoms with Crippen LogP contribution >= 0.6 is 0 Å². The molecule has 0 amide bonds. The van der Waals surface area contributed by atoms with Crippen LogP contribution in [-0.2, 0) is 0 Å². The number of hydrogen-bond donors (Lipinski definition) is 1. The van der Waals surface area contributed by atoms with Gasteiger partial charge in [0.05, 0.1) is 0 Å². The molecular weight excluding hydrogens is 174 g/mol. The van der Waals surface area contributed by atoms with E-state index in [1.807, 2.05) is 0 Å². The first-order chi connectivity index (χ1) is 6.75. The summed E-state index contributed by atoms with van der Waals surface area (Å²) in [5.74, 6) is 1.64.